The van der Waals surface area contributed by atoms with Gasteiger partial charge in [0.05, 0.1) is 12.1 Å². The number of hydrogen-bond acceptors (Lipinski definition) is 7. The number of H-pyrrole nitrogens is 1. The standard InChI is InChI=1S/C17H20N2O6/c1-2-8-5-13(21)19-11-6-9(3-4-10(8)11)18-14-16(23)15(22)12(7-20)25-17(14)24/h2-6,12,14-18,20,22-24H,1,7H2,(H,19,21)/t12?,14-,15+,16?,17?/m0/s1. The van der Waals surface area contributed by atoms with Gasteiger partial charge in [0.15, 0.2) is 6.29 Å². The molecule has 3 unspecified atom stereocenters. The van der Waals surface area contributed by atoms with Gasteiger partial charge in [-0.3, -0.25) is 4.79 Å². The Hall–Kier alpha value is -2.23. The number of pyridine rings is 1. The van der Waals surface area contributed by atoms with E-state index in [0.29, 0.717) is 16.8 Å². The molecule has 5 atom stereocenters. The lowest BCUT2D eigenvalue weighted by atomic mass is 9.96. The van der Waals surface area contributed by atoms with Crippen LogP contribution in [0.4, 0.5) is 5.69 Å². The number of benzene rings is 1. The van der Waals surface area contributed by atoms with Gasteiger partial charge < -0.3 is 35.5 Å². The molecule has 6 N–H and O–H groups in total. The Morgan fingerprint density at radius 3 is 2.68 bits per heavy atom. The maximum atomic E-state index is 11.7. The molecule has 1 aromatic heterocycles. The summed E-state index contributed by atoms with van der Waals surface area (Å²) < 4.78 is 5.11. The Labute approximate surface area is 143 Å². The summed E-state index contributed by atoms with van der Waals surface area (Å²) in [6.45, 7) is 3.16. The maximum absolute atomic E-state index is 11.7. The Balaban J connectivity index is 1.90. The van der Waals surface area contributed by atoms with Crippen molar-refractivity contribution in [2.24, 2.45) is 0 Å². The van der Waals surface area contributed by atoms with E-state index in [2.05, 4.69) is 16.9 Å². The number of ether oxygens (including phenoxy) is 1. The van der Waals surface area contributed by atoms with E-state index in [0.717, 1.165) is 5.39 Å². The first-order valence-electron chi connectivity index (χ1n) is 7.81. The third-order valence-electron chi connectivity index (χ3n) is 4.33. The summed E-state index contributed by atoms with van der Waals surface area (Å²) in [7, 11) is 0. The Morgan fingerprint density at radius 1 is 1.24 bits per heavy atom. The fraction of sp³-hybridized carbons (Fsp3) is 0.353. The van der Waals surface area contributed by atoms with Gasteiger partial charge in [-0.25, -0.2) is 0 Å². The molecule has 2 aromatic rings. The second kappa shape index (κ2) is 6.95. The van der Waals surface area contributed by atoms with Gasteiger partial charge in [-0.1, -0.05) is 18.7 Å². The molecule has 1 aliphatic heterocycles. The molecule has 134 valence electrons. The van der Waals surface area contributed by atoms with E-state index in [1.54, 1.807) is 24.3 Å². The van der Waals surface area contributed by atoms with Crippen molar-refractivity contribution in [3.63, 3.8) is 0 Å². The van der Waals surface area contributed by atoms with Gasteiger partial charge in [0, 0.05) is 17.1 Å². The minimum atomic E-state index is -1.43. The van der Waals surface area contributed by atoms with Crippen molar-refractivity contribution in [3.05, 3.63) is 46.8 Å². The molecule has 0 bridgehead atoms. The van der Waals surface area contributed by atoms with Crippen molar-refractivity contribution in [2.45, 2.75) is 30.6 Å². The zero-order valence-corrected chi connectivity index (χ0v) is 13.3. The fourth-order valence-corrected chi connectivity index (χ4v) is 2.99. The molecule has 0 radical (unpaired) electrons. The summed E-state index contributed by atoms with van der Waals surface area (Å²) in [5.41, 5.74) is 1.47. The number of fused-ring (bicyclic) bond motifs is 1. The fourth-order valence-electron chi connectivity index (χ4n) is 2.99. The molecule has 1 aromatic carbocycles. The second-order valence-corrected chi connectivity index (χ2v) is 5.95. The van der Waals surface area contributed by atoms with Crippen molar-refractivity contribution in [2.75, 3.05) is 11.9 Å². The summed E-state index contributed by atoms with van der Waals surface area (Å²) in [5.74, 6) is 0. The number of aromatic nitrogens is 1. The van der Waals surface area contributed by atoms with Crippen LogP contribution < -0.4 is 10.9 Å². The van der Waals surface area contributed by atoms with Crippen LogP contribution >= 0.6 is 0 Å². The number of aromatic amines is 1. The van der Waals surface area contributed by atoms with Crippen molar-refractivity contribution >= 4 is 22.7 Å². The normalized spacial score (nSPS) is 29.5. The first-order valence-corrected chi connectivity index (χ1v) is 7.81. The topological polar surface area (TPSA) is 135 Å². The minimum absolute atomic E-state index is 0.276. The van der Waals surface area contributed by atoms with Gasteiger partial charge in [0.25, 0.3) is 0 Å². The van der Waals surface area contributed by atoms with E-state index < -0.39 is 37.3 Å². The number of aliphatic hydroxyl groups excluding tert-OH is 4. The summed E-state index contributed by atoms with van der Waals surface area (Å²) in [4.78, 5) is 14.4. The van der Waals surface area contributed by atoms with Crippen LogP contribution in [0.2, 0.25) is 0 Å². The highest BCUT2D eigenvalue weighted by atomic mass is 16.6. The molecule has 8 heteroatoms. The number of nitrogens with one attached hydrogen (secondary N) is 2. The van der Waals surface area contributed by atoms with Gasteiger partial charge in [-0.15, -0.1) is 0 Å². The molecule has 3 rings (SSSR count). The highest BCUT2D eigenvalue weighted by molar-refractivity contribution is 5.89. The average Bonchev–Trinajstić information content (AvgIpc) is 2.60. The van der Waals surface area contributed by atoms with Gasteiger partial charge >= 0.3 is 0 Å². The summed E-state index contributed by atoms with van der Waals surface area (Å²) in [6, 6.07) is 5.55. The average molecular weight is 348 g/mol. The van der Waals surface area contributed by atoms with E-state index in [1.165, 1.54) is 6.07 Å². The summed E-state index contributed by atoms with van der Waals surface area (Å²) in [5, 5.41) is 42.9. The van der Waals surface area contributed by atoms with Gasteiger partial charge in [-0.2, -0.15) is 0 Å². The van der Waals surface area contributed by atoms with Crippen molar-refractivity contribution in [1.29, 1.82) is 0 Å². The number of hydrogen-bond donors (Lipinski definition) is 6. The van der Waals surface area contributed by atoms with Crippen LogP contribution in [-0.4, -0.2) is 62.7 Å². The van der Waals surface area contributed by atoms with E-state index >= 15 is 0 Å². The molecular weight excluding hydrogens is 328 g/mol. The lowest BCUT2D eigenvalue weighted by Gasteiger charge is -2.40. The zero-order valence-electron chi connectivity index (χ0n) is 13.3. The van der Waals surface area contributed by atoms with Crippen LogP contribution in [0.25, 0.3) is 17.0 Å². The Morgan fingerprint density at radius 2 is 2.00 bits per heavy atom. The van der Waals surface area contributed by atoms with Gasteiger partial charge in [0.1, 0.15) is 24.4 Å². The molecule has 2 heterocycles. The van der Waals surface area contributed by atoms with E-state index in [4.69, 9.17) is 9.84 Å². The molecule has 0 spiro atoms. The van der Waals surface area contributed by atoms with E-state index in [1.807, 2.05) is 0 Å². The number of anilines is 1. The molecule has 25 heavy (non-hydrogen) atoms. The quantitative estimate of drug-likeness (QED) is 0.434. The van der Waals surface area contributed by atoms with Crippen LogP contribution in [0.3, 0.4) is 0 Å². The number of aliphatic hydroxyl groups is 4. The first-order chi connectivity index (χ1) is 11.9. The van der Waals surface area contributed by atoms with Gasteiger partial charge in [0.2, 0.25) is 5.56 Å². The predicted octanol–water partition coefficient (Wildman–Crippen LogP) is -0.617. The molecule has 1 aliphatic rings. The lowest BCUT2D eigenvalue weighted by molar-refractivity contribution is -0.245. The Kier molecular flexibility index (Phi) is 4.89. The molecule has 0 amide bonds. The van der Waals surface area contributed by atoms with Crippen LogP contribution in [-0.2, 0) is 4.74 Å². The van der Waals surface area contributed by atoms with E-state index in [-0.39, 0.29) is 5.56 Å². The van der Waals surface area contributed by atoms with Crippen LogP contribution in [0.1, 0.15) is 5.56 Å². The third kappa shape index (κ3) is 3.30. The lowest BCUT2D eigenvalue weighted by Crippen LogP contribution is -2.61. The highest BCUT2D eigenvalue weighted by Crippen LogP contribution is 2.25. The third-order valence-corrected chi connectivity index (χ3v) is 4.33. The first kappa shape index (κ1) is 17.6. The van der Waals surface area contributed by atoms with Crippen molar-refractivity contribution in [1.82, 2.24) is 4.98 Å². The molecule has 8 nitrogen and oxygen atoms in total. The SMILES string of the molecule is C=Cc1cc(=O)[nH]c2cc(N[C@@H]3C(O)OC(CO)[C@@H](O)C3O)ccc12. The largest absolute Gasteiger partial charge is 0.394 e. The molecule has 0 saturated carbocycles. The predicted molar refractivity (Wildman–Crippen MR) is 92.0 cm³/mol. The monoisotopic (exact) mass is 348 g/mol. The molecule has 1 saturated heterocycles. The van der Waals surface area contributed by atoms with Crippen molar-refractivity contribution < 1.29 is 25.2 Å². The van der Waals surface area contributed by atoms with Crippen LogP contribution in [0.15, 0.2) is 35.6 Å². The summed E-state index contributed by atoms with van der Waals surface area (Å²) in [6.07, 6.45) is -3.61. The Bertz CT molecular complexity index is 835. The van der Waals surface area contributed by atoms with Crippen LogP contribution in [0.5, 0.6) is 0 Å². The zero-order chi connectivity index (χ0) is 18.1. The number of rotatable bonds is 4. The van der Waals surface area contributed by atoms with Crippen LogP contribution in [0, 0.1) is 0 Å². The van der Waals surface area contributed by atoms with Gasteiger partial charge in [-0.05, 0) is 17.7 Å². The second-order valence-electron chi connectivity index (χ2n) is 5.95. The maximum Gasteiger partial charge on any atom is 0.249 e. The molecule has 1 fully saturated rings. The van der Waals surface area contributed by atoms with Crippen molar-refractivity contribution in [3.8, 4) is 0 Å². The minimum Gasteiger partial charge on any atom is -0.394 e. The smallest absolute Gasteiger partial charge is 0.249 e. The van der Waals surface area contributed by atoms with E-state index in [9.17, 15) is 20.1 Å². The molecule has 0 aliphatic carbocycles. The summed E-state index contributed by atoms with van der Waals surface area (Å²) >= 11 is 0. The molecular formula is C17H20N2O6. The highest BCUT2D eigenvalue weighted by Gasteiger charge is 2.43.